The Balaban J connectivity index is 2.04. The van der Waals surface area contributed by atoms with E-state index in [0.29, 0.717) is 57.3 Å². The molecular formula is C29H34F6N2. The molecule has 0 aliphatic heterocycles. The highest BCUT2D eigenvalue weighted by molar-refractivity contribution is 5.48. The minimum Gasteiger partial charge on any atom is -0.297 e. The van der Waals surface area contributed by atoms with Crippen LogP contribution in [0, 0.1) is 17.2 Å². The average molecular weight is 525 g/mol. The molecule has 0 heterocycles. The lowest BCUT2D eigenvalue weighted by atomic mass is 9.61. The van der Waals surface area contributed by atoms with Crippen molar-refractivity contribution >= 4 is 0 Å². The monoisotopic (exact) mass is 524 g/mol. The quantitative estimate of drug-likeness (QED) is 0.307. The molecule has 0 N–H and O–H groups in total. The van der Waals surface area contributed by atoms with Gasteiger partial charge in [-0.25, -0.2) is 0 Å². The first-order valence-corrected chi connectivity index (χ1v) is 12.9. The molecule has 1 atom stereocenters. The summed E-state index contributed by atoms with van der Waals surface area (Å²) >= 11 is 0. The Kier molecular flexibility index (Phi) is 9.33. The minimum absolute atomic E-state index is 0.0671. The van der Waals surface area contributed by atoms with Crippen molar-refractivity contribution in [2.24, 2.45) is 5.92 Å². The van der Waals surface area contributed by atoms with Gasteiger partial charge in [-0.05, 0) is 75.3 Å². The predicted octanol–water partition coefficient (Wildman–Crippen LogP) is 8.76. The second kappa shape index (κ2) is 11.9. The molecule has 1 unspecified atom stereocenters. The van der Waals surface area contributed by atoms with Crippen LogP contribution < -0.4 is 0 Å². The van der Waals surface area contributed by atoms with Gasteiger partial charge in [-0.3, -0.25) is 4.90 Å². The van der Waals surface area contributed by atoms with Crippen LogP contribution >= 0.6 is 0 Å². The average Bonchev–Trinajstić information content (AvgIpc) is 2.86. The van der Waals surface area contributed by atoms with E-state index in [0.717, 1.165) is 18.1 Å². The van der Waals surface area contributed by atoms with E-state index in [4.69, 9.17) is 0 Å². The predicted molar refractivity (Wildman–Crippen MR) is 132 cm³/mol. The molecule has 0 amide bonds. The molecule has 0 aromatic heterocycles. The van der Waals surface area contributed by atoms with E-state index < -0.39 is 40.4 Å². The summed E-state index contributed by atoms with van der Waals surface area (Å²) in [7, 11) is 0. The molecule has 2 aromatic carbocycles. The lowest BCUT2D eigenvalue weighted by Crippen LogP contribution is -2.40. The number of alkyl halides is 6. The van der Waals surface area contributed by atoms with Crippen molar-refractivity contribution in [3.8, 4) is 6.07 Å². The normalized spacial score (nSPS) is 17.1. The van der Waals surface area contributed by atoms with E-state index in [1.807, 2.05) is 44.2 Å². The second-order valence-corrected chi connectivity index (χ2v) is 10.3. The Morgan fingerprint density at radius 3 is 1.92 bits per heavy atom. The zero-order valence-corrected chi connectivity index (χ0v) is 21.3. The van der Waals surface area contributed by atoms with Gasteiger partial charge in [-0.2, -0.15) is 31.6 Å². The Bertz CT molecular complexity index is 1020. The molecule has 1 saturated carbocycles. The molecule has 0 radical (unpaired) electrons. The highest BCUT2D eigenvalue weighted by atomic mass is 19.4. The van der Waals surface area contributed by atoms with Crippen LogP contribution in [0.1, 0.15) is 81.0 Å². The van der Waals surface area contributed by atoms with Gasteiger partial charge in [0.25, 0.3) is 0 Å². The van der Waals surface area contributed by atoms with Crippen molar-refractivity contribution < 1.29 is 26.3 Å². The number of rotatable bonds is 9. The number of hydrogen-bond donors (Lipinski definition) is 0. The third-order valence-corrected chi connectivity index (χ3v) is 7.60. The molecule has 202 valence electrons. The van der Waals surface area contributed by atoms with E-state index in [-0.39, 0.29) is 12.5 Å². The fourth-order valence-electron chi connectivity index (χ4n) is 5.74. The molecule has 1 aliphatic carbocycles. The molecule has 1 aliphatic rings. The van der Waals surface area contributed by atoms with E-state index >= 15 is 0 Å². The lowest BCUT2D eigenvalue weighted by molar-refractivity contribution is -0.145. The summed E-state index contributed by atoms with van der Waals surface area (Å²) in [6.45, 7) is 5.07. The van der Waals surface area contributed by atoms with E-state index in [2.05, 4.69) is 11.0 Å². The fourth-order valence-corrected chi connectivity index (χ4v) is 5.74. The van der Waals surface area contributed by atoms with Crippen molar-refractivity contribution in [1.29, 1.82) is 5.26 Å². The first-order valence-electron chi connectivity index (χ1n) is 12.9. The largest absolute Gasteiger partial charge is 0.416 e. The maximum atomic E-state index is 14.2. The fraction of sp³-hybridized carbons (Fsp3) is 0.552. The molecule has 37 heavy (non-hydrogen) atoms. The smallest absolute Gasteiger partial charge is 0.297 e. The number of nitriles is 1. The van der Waals surface area contributed by atoms with Crippen LogP contribution in [0.3, 0.4) is 0 Å². The summed E-state index contributed by atoms with van der Waals surface area (Å²) < 4.78 is 85.0. The maximum Gasteiger partial charge on any atom is 0.416 e. The van der Waals surface area contributed by atoms with Gasteiger partial charge in [-0.15, -0.1) is 0 Å². The molecule has 3 rings (SSSR count). The van der Waals surface area contributed by atoms with Crippen molar-refractivity contribution in [2.75, 3.05) is 6.54 Å². The van der Waals surface area contributed by atoms with Gasteiger partial charge in [0.15, 0.2) is 0 Å². The molecule has 2 nitrogen and oxygen atoms in total. The summed E-state index contributed by atoms with van der Waals surface area (Å²) in [5, 5.41) is 10.5. The van der Waals surface area contributed by atoms with E-state index in [1.165, 1.54) is 0 Å². The Morgan fingerprint density at radius 2 is 1.43 bits per heavy atom. The zero-order chi connectivity index (χ0) is 27.3. The molecule has 0 bridgehead atoms. The molecule has 2 aromatic rings. The second-order valence-electron chi connectivity index (χ2n) is 10.3. The van der Waals surface area contributed by atoms with Gasteiger partial charge in [0, 0.05) is 12.6 Å². The Labute approximate surface area is 215 Å². The third kappa shape index (κ3) is 6.87. The first kappa shape index (κ1) is 29.0. The van der Waals surface area contributed by atoms with Crippen molar-refractivity contribution in [1.82, 2.24) is 4.90 Å². The van der Waals surface area contributed by atoms with Crippen LogP contribution in [0.5, 0.6) is 0 Å². The summed E-state index contributed by atoms with van der Waals surface area (Å²) in [6, 6.07) is 14.0. The SMILES string of the molecule is CC(C)N(CCCC(C#N)(c1c(C(F)(F)F)cccc1C(F)(F)F)C1CCCCC1)Cc1ccccc1. The van der Waals surface area contributed by atoms with Gasteiger partial charge in [0.2, 0.25) is 0 Å². The van der Waals surface area contributed by atoms with Gasteiger partial charge in [-0.1, -0.05) is 55.7 Å². The van der Waals surface area contributed by atoms with Crippen molar-refractivity contribution in [3.63, 3.8) is 0 Å². The summed E-state index contributed by atoms with van der Waals surface area (Å²) in [5.41, 5.74) is -4.40. The Morgan fingerprint density at radius 1 is 0.865 bits per heavy atom. The van der Waals surface area contributed by atoms with Crippen LogP contribution in [-0.4, -0.2) is 17.5 Å². The third-order valence-electron chi connectivity index (χ3n) is 7.60. The van der Waals surface area contributed by atoms with Gasteiger partial charge >= 0.3 is 12.4 Å². The molecular weight excluding hydrogens is 490 g/mol. The summed E-state index contributed by atoms with van der Waals surface area (Å²) in [6.07, 6.45) is -6.66. The van der Waals surface area contributed by atoms with Crippen LogP contribution in [0.2, 0.25) is 0 Å². The molecule has 1 fully saturated rings. The van der Waals surface area contributed by atoms with Crippen molar-refractivity contribution in [3.05, 3.63) is 70.8 Å². The van der Waals surface area contributed by atoms with Gasteiger partial charge < -0.3 is 0 Å². The highest BCUT2D eigenvalue weighted by Gasteiger charge is 2.51. The van der Waals surface area contributed by atoms with Crippen molar-refractivity contribution in [2.45, 2.75) is 89.1 Å². The maximum absolute atomic E-state index is 14.2. The molecule has 0 saturated heterocycles. The van der Waals surface area contributed by atoms with Crippen LogP contribution in [0.15, 0.2) is 48.5 Å². The van der Waals surface area contributed by atoms with Crippen LogP contribution in [0.4, 0.5) is 26.3 Å². The first-order chi connectivity index (χ1) is 17.4. The Hall–Kier alpha value is -2.53. The highest BCUT2D eigenvalue weighted by Crippen LogP contribution is 2.52. The molecule has 0 spiro atoms. The number of halogens is 6. The minimum atomic E-state index is -5.01. The number of hydrogen-bond acceptors (Lipinski definition) is 2. The van der Waals surface area contributed by atoms with E-state index in [1.54, 1.807) is 0 Å². The summed E-state index contributed by atoms with van der Waals surface area (Å²) in [5.74, 6) is -0.572. The standard InChI is InChI=1S/C29H34F6N2/c1-21(2)37(19-22-11-5-3-6-12-22)18-10-17-27(20-36,23-13-7-4-8-14-23)26-24(28(30,31)32)15-9-16-25(26)29(33,34)35/h3,5-6,9,11-12,15-16,21,23H,4,7-8,10,13-14,17-19H2,1-2H3. The topological polar surface area (TPSA) is 27.0 Å². The van der Waals surface area contributed by atoms with Crippen LogP contribution in [0.25, 0.3) is 0 Å². The van der Waals surface area contributed by atoms with Gasteiger partial charge in [0.05, 0.1) is 22.6 Å². The van der Waals surface area contributed by atoms with E-state index in [9.17, 15) is 31.6 Å². The van der Waals surface area contributed by atoms with Crippen LogP contribution in [-0.2, 0) is 24.3 Å². The number of nitrogens with zero attached hydrogens (tertiary/aromatic N) is 2. The lowest BCUT2D eigenvalue weighted by Gasteiger charge is -2.41. The molecule has 8 heteroatoms. The number of benzene rings is 2. The van der Waals surface area contributed by atoms with Gasteiger partial charge in [0.1, 0.15) is 0 Å². The zero-order valence-electron chi connectivity index (χ0n) is 21.3. The summed E-state index contributed by atoms with van der Waals surface area (Å²) in [4.78, 5) is 2.14.